The van der Waals surface area contributed by atoms with E-state index in [9.17, 15) is 10.2 Å². The first-order chi connectivity index (χ1) is 9.97. The van der Waals surface area contributed by atoms with Crippen LogP contribution in [0, 0.1) is 0 Å². The summed E-state index contributed by atoms with van der Waals surface area (Å²) in [6.07, 6.45) is -1.91. The third-order valence-corrected chi connectivity index (χ3v) is 10.2. The molecule has 0 saturated carbocycles. The van der Waals surface area contributed by atoms with E-state index in [1.165, 1.54) is 0 Å². The zero-order valence-electron chi connectivity index (χ0n) is 14.4. The zero-order valence-corrected chi connectivity index (χ0v) is 17.0. The van der Waals surface area contributed by atoms with Gasteiger partial charge in [0.25, 0.3) is 0 Å². The predicted octanol–water partition coefficient (Wildman–Crippen LogP) is 4.25. The fourth-order valence-electron chi connectivity index (χ4n) is 1.99. The van der Waals surface area contributed by atoms with Crippen molar-refractivity contribution in [2.45, 2.75) is 69.0 Å². The normalized spacial score (nSPS) is 18.6. The maximum absolute atomic E-state index is 10.5. The second-order valence-corrected chi connectivity index (χ2v) is 13.2. The summed E-state index contributed by atoms with van der Waals surface area (Å²) in [5.74, 6) is 0. The average Bonchev–Trinajstić information content (AvgIpc) is 2.44. The summed E-state index contributed by atoms with van der Waals surface area (Å²) in [6.45, 7) is 12.7. The van der Waals surface area contributed by atoms with E-state index in [0.717, 1.165) is 5.56 Å². The minimum Gasteiger partial charge on any atom is -0.412 e. The van der Waals surface area contributed by atoms with Crippen molar-refractivity contribution in [3.8, 4) is 0 Å². The maximum Gasteiger partial charge on any atom is 0.192 e. The molecule has 5 heteroatoms. The van der Waals surface area contributed by atoms with Crippen LogP contribution in [0.25, 0.3) is 0 Å². The minimum absolute atomic E-state index is 0.0842. The average molecular weight is 389 g/mol. The van der Waals surface area contributed by atoms with Crippen molar-refractivity contribution < 1.29 is 14.6 Å². The number of aliphatic hydroxyl groups excluding tert-OH is 2. The summed E-state index contributed by atoms with van der Waals surface area (Å²) in [6, 6.07) is 9.36. The Balaban J connectivity index is 2.76. The molecule has 0 spiro atoms. The Hall–Kier alpha value is -0.203. The monoisotopic (exact) mass is 388 g/mol. The van der Waals surface area contributed by atoms with Crippen molar-refractivity contribution in [3.63, 3.8) is 0 Å². The highest BCUT2D eigenvalue weighted by Crippen LogP contribution is 2.38. The van der Waals surface area contributed by atoms with Crippen molar-refractivity contribution in [1.82, 2.24) is 0 Å². The molecule has 0 unspecified atom stereocenters. The molecule has 1 aromatic carbocycles. The van der Waals surface area contributed by atoms with Gasteiger partial charge in [-0.1, -0.05) is 67.0 Å². The van der Waals surface area contributed by atoms with Gasteiger partial charge in [0.05, 0.1) is 23.1 Å². The molecule has 0 amide bonds. The zero-order chi connectivity index (χ0) is 17.1. The fraction of sp³-hybridized carbons (Fsp3) is 0.647. The van der Waals surface area contributed by atoms with E-state index in [4.69, 9.17) is 4.43 Å². The lowest BCUT2D eigenvalue weighted by atomic mass is 10.0. The SMILES string of the molecule is C[C@H](O[Si](C)(C)C(C)(C)C)[C@@H](O)[C@H](Br)[C@@H](O)c1ccccc1. The van der Waals surface area contributed by atoms with Gasteiger partial charge in [-0.2, -0.15) is 0 Å². The van der Waals surface area contributed by atoms with Gasteiger partial charge in [0.1, 0.15) is 0 Å². The molecule has 0 bridgehead atoms. The summed E-state index contributed by atoms with van der Waals surface area (Å²) in [5, 5.41) is 21.0. The molecule has 1 rings (SSSR count). The van der Waals surface area contributed by atoms with Gasteiger partial charge in [0.2, 0.25) is 0 Å². The van der Waals surface area contributed by atoms with E-state index in [-0.39, 0.29) is 11.1 Å². The van der Waals surface area contributed by atoms with Crippen LogP contribution in [0.3, 0.4) is 0 Å². The Morgan fingerprint density at radius 2 is 1.59 bits per heavy atom. The van der Waals surface area contributed by atoms with Crippen LogP contribution in [0.5, 0.6) is 0 Å². The standard InChI is InChI=1S/C17H29BrO3Si/c1-12(21-22(5,6)17(2,3)4)15(19)14(18)16(20)13-10-8-7-9-11-13/h7-12,14-16,19-20H,1-6H3/t12-,14-,15+,16-/m0/s1. The van der Waals surface area contributed by atoms with Gasteiger partial charge in [-0.25, -0.2) is 0 Å². The van der Waals surface area contributed by atoms with Crippen LogP contribution >= 0.6 is 15.9 Å². The van der Waals surface area contributed by atoms with E-state index < -0.39 is 25.4 Å². The molecule has 1 aromatic rings. The molecule has 0 fully saturated rings. The van der Waals surface area contributed by atoms with Crippen LogP contribution in [-0.2, 0) is 4.43 Å². The number of hydrogen-bond acceptors (Lipinski definition) is 3. The number of aliphatic hydroxyl groups is 2. The summed E-state index contributed by atoms with van der Waals surface area (Å²) in [7, 11) is -1.95. The van der Waals surface area contributed by atoms with Gasteiger partial charge in [0.15, 0.2) is 8.32 Å². The third kappa shape index (κ3) is 4.90. The smallest absolute Gasteiger partial charge is 0.192 e. The Bertz CT molecular complexity index is 459. The van der Waals surface area contributed by atoms with E-state index >= 15 is 0 Å². The lowest BCUT2D eigenvalue weighted by molar-refractivity contribution is 0.0101. The Morgan fingerprint density at radius 1 is 1.09 bits per heavy atom. The highest BCUT2D eigenvalue weighted by molar-refractivity contribution is 9.09. The molecule has 0 radical (unpaired) electrons. The second kappa shape index (κ2) is 7.58. The lowest BCUT2D eigenvalue weighted by Crippen LogP contribution is -2.48. The molecule has 0 saturated heterocycles. The van der Waals surface area contributed by atoms with Crippen LogP contribution in [0.1, 0.15) is 39.4 Å². The van der Waals surface area contributed by atoms with Gasteiger partial charge >= 0.3 is 0 Å². The van der Waals surface area contributed by atoms with Crippen LogP contribution in [0.15, 0.2) is 30.3 Å². The molecule has 0 aromatic heterocycles. The van der Waals surface area contributed by atoms with Gasteiger partial charge in [-0.3, -0.25) is 0 Å². The van der Waals surface area contributed by atoms with Gasteiger partial charge in [-0.15, -0.1) is 0 Å². The van der Waals surface area contributed by atoms with E-state index in [1.54, 1.807) is 0 Å². The third-order valence-electron chi connectivity index (χ3n) is 4.54. The van der Waals surface area contributed by atoms with E-state index in [1.807, 2.05) is 37.3 Å². The first-order valence-electron chi connectivity index (χ1n) is 7.70. The second-order valence-electron chi connectivity index (χ2n) is 7.37. The number of alkyl halides is 1. The molecule has 0 aliphatic heterocycles. The fourth-order valence-corrected chi connectivity index (χ4v) is 4.15. The molecule has 0 aliphatic carbocycles. The van der Waals surface area contributed by atoms with Crippen molar-refractivity contribution in [3.05, 3.63) is 35.9 Å². The predicted molar refractivity (Wildman–Crippen MR) is 97.9 cm³/mol. The molecule has 22 heavy (non-hydrogen) atoms. The quantitative estimate of drug-likeness (QED) is 0.565. The topological polar surface area (TPSA) is 49.7 Å². The Kier molecular flexibility index (Phi) is 6.83. The van der Waals surface area contributed by atoms with Crippen LogP contribution < -0.4 is 0 Å². The number of benzene rings is 1. The molecule has 126 valence electrons. The molecular weight excluding hydrogens is 360 g/mol. The Morgan fingerprint density at radius 3 is 2.05 bits per heavy atom. The van der Waals surface area contributed by atoms with Crippen molar-refractivity contribution in [2.24, 2.45) is 0 Å². The van der Waals surface area contributed by atoms with Gasteiger partial charge in [0, 0.05) is 0 Å². The largest absolute Gasteiger partial charge is 0.412 e. The number of halogens is 1. The number of hydrogen-bond donors (Lipinski definition) is 2. The highest BCUT2D eigenvalue weighted by Gasteiger charge is 2.41. The van der Waals surface area contributed by atoms with Crippen molar-refractivity contribution >= 4 is 24.2 Å². The molecule has 3 nitrogen and oxygen atoms in total. The lowest BCUT2D eigenvalue weighted by Gasteiger charge is -2.40. The Labute approximate surface area is 144 Å². The van der Waals surface area contributed by atoms with Crippen molar-refractivity contribution in [1.29, 1.82) is 0 Å². The van der Waals surface area contributed by atoms with Crippen LogP contribution in [-0.4, -0.2) is 35.6 Å². The summed E-state index contributed by atoms with van der Waals surface area (Å²) < 4.78 is 6.22. The number of rotatable bonds is 6. The molecule has 0 heterocycles. The van der Waals surface area contributed by atoms with Crippen LogP contribution in [0.4, 0.5) is 0 Å². The first-order valence-corrected chi connectivity index (χ1v) is 11.5. The maximum atomic E-state index is 10.5. The molecule has 2 N–H and O–H groups in total. The minimum atomic E-state index is -1.95. The highest BCUT2D eigenvalue weighted by atomic mass is 79.9. The van der Waals surface area contributed by atoms with Gasteiger partial charge in [-0.05, 0) is 30.6 Å². The summed E-state index contributed by atoms with van der Waals surface area (Å²) >= 11 is 3.44. The molecular formula is C17H29BrO3Si. The summed E-state index contributed by atoms with van der Waals surface area (Å²) in [4.78, 5) is -0.477. The molecule has 4 atom stereocenters. The van der Waals surface area contributed by atoms with Crippen LogP contribution in [0.2, 0.25) is 18.1 Å². The summed E-state index contributed by atoms with van der Waals surface area (Å²) in [5.41, 5.74) is 0.781. The van der Waals surface area contributed by atoms with Crippen molar-refractivity contribution in [2.75, 3.05) is 0 Å². The molecule has 0 aliphatic rings. The van der Waals surface area contributed by atoms with E-state index in [2.05, 4.69) is 49.8 Å². The van der Waals surface area contributed by atoms with E-state index in [0.29, 0.717) is 0 Å². The van der Waals surface area contributed by atoms with Gasteiger partial charge < -0.3 is 14.6 Å². The first kappa shape index (κ1) is 19.8.